The van der Waals surface area contributed by atoms with Gasteiger partial charge >= 0.3 is 0 Å². The normalized spacial score (nSPS) is 17.3. The van der Waals surface area contributed by atoms with Crippen molar-refractivity contribution in [2.45, 2.75) is 22.6 Å². The van der Waals surface area contributed by atoms with Gasteiger partial charge in [0.1, 0.15) is 0 Å². The quantitative estimate of drug-likeness (QED) is 0.524. The molecule has 0 radical (unpaired) electrons. The number of thioether (sulfide) groups is 1. The maximum atomic E-state index is 13.0. The lowest BCUT2D eigenvalue weighted by atomic mass is 9.97. The summed E-state index contributed by atoms with van der Waals surface area (Å²) in [6, 6.07) is 11.5. The topological polar surface area (TPSA) is 113 Å². The van der Waals surface area contributed by atoms with Crippen LogP contribution in [0.15, 0.2) is 52.3 Å². The Morgan fingerprint density at radius 2 is 1.74 bits per heavy atom. The highest BCUT2D eigenvalue weighted by atomic mass is 32.2. The Morgan fingerprint density at radius 1 is 1.06 bits per heavy atom. The van der Waals surface area contributed by atoms with Gasteiger partial charge in [-0.25, -0.2) is 8.42 Å². The van der Waals surface area contributed by atoms with Gasteiger partial charge in [-0.3, -0.25) is 19.7 Å². The van der Waals surface area contributed by atoms with Crippen LogP contribution in [0.1, 0.15) is 33.6 Å². The molecule has 2 aromatic carbocycles. The summed E-state index contributed by atoms with van der Waals surface area (Å²) in [5.41, 5.74) is 0.945. The van der Waals surface area contributed by atoms with Gasteiger partial charge in [0.05, 0.1) is 16.0 Å². The summed E-state index contributed by atoms with van der Waals surface area (Å²) >= 11 is 1.38. The lowest BCUT2D eigenvalue weighted by Gasteiger charge is -2.31. The molecule has 10 heteroatoms. The molecule has 0 unspecified atom stereocenters. The Morgan fingerprint density at radius 3 is 2.45 bits per heavy atom. The molecule has 2 aromatic rings. The van der Waals surface area contributed by atoms with Gasteiger partial charge < -0.3 is 5.32 Å². The minimum absolute atomic E-state index is 0.230. The minimum atomic E-state index is -3.63. The number of amides is 3. The molecule has 4 rings (SSSR count). The number of hydrogen-bond acceptors (Lipinski definition) is 6. The van der Waals surface area contributed by atoms with Crippen molar-refractivity contribution in [2.24, 2.45) is 5.92 Å². The maximum Gasteiger partial charge on any atom is 0.259 e. The Balaban J connectivity index is 1.41. The van der Waals surface area contributed by atoms with Crippen LogP contribution in [0, 0.1) is 5.92 Å². The average Bonchev–Trinajstić information content (AvgIpc) is 3.06. The monoisotopic (exact) mass is 459 g/mol. The van der Waals surface area contributed by atoms with E-state index < -0.39 is 21.8 Å². The van der Waals surface area contributed by atoms with E-state index in [1.165, 1.54) is 28.2 Å². The fourth-order valence-electron chi connectivity index (χ4n) is 3.82. The Hall–Kier alpha value is -2.69. The van der Waals surface area contributed by atoms with Crippen molar-refractivity contribution in [2.75, 3.05) is 24.7 Å². The first-order valence-corrected chi connectivity index (χ1v) is 12.4. The van der Waals surface area contributed by atoms with Crippen LogP contribution in [0.2, 0.25) is 0 Å². The Bertz CT molecular complexity index is 1170. The second-order valence-electron chi connectivity index (χ2n) is 7.36. The number of imide groups is 1. The molecule has 1 fully saturated rings. The molecule has 0 aliphatic carbocycles. The van der Waals surface area contributed by atoms with E-state index in [9.17, 15) is 22.8 Å². The van der Waals surface area contributed by atoms with Crippen LogP contribution in [0.25, 0.3) is 0 Å². The number of hydrogen-bond donors (Lipinski definition) is 2. The molecule has 0 bridgehead atoms. The highest BCUT2D eigenvalue weighted by Crippen LogP contribution is 2.30. The molecule has 2 aliphatic heterocycles. The van der Waals surface area contributed by atoms with Gasteiger partial charge in [-0.05, 0) is 49.4 Å². The largest absolute Gasteiger partial charge is 0.326 e. The molecule has 2 N–H and O–H groups in total. The fraction of sp³-hybridized carbons (Fsp3) is 0.286. The van der Waals surface area contributed by atoms with Crippen molar-refractivity contribution in [1.29, 1.82) is 0 Å². The third-order valence-electron chi connectivity index (χ3n) is 5.52. The number of fused-ring (bicyclic) bond motifs is 1. The molecule has 0 spiro atoms. The van der Waals surface area contributed by atoms with Gasteiger partial charge in [-0.1, -0.05) is 12.1 Å². The van der Waals surface area contributed by atoms with E-state index in [2.05, 4.69) is 10.6 Å². The van der Waals surface area contributed by atoms with Crippen molar-refractivity contribution >= 4 is 45.2 Å². The predicted octanol–water partition coefficient (Wildman–Crippen LogP) is 2.33. The number of sulfonamides is 1. The van der Waals surface area contributed by atoms with Gasteiger partial charge in [0.25, 0.3) is 11.8 Å². The molecule has 31 heavy (non-hydrogen) atoms. The number of carbonyl (C=O) groups is 3. The number of nitrogens with one attached hydrogen (secondary N) is 2. The molecule has 0 atom stereocenters. The van der Waals surface area contributed by atoms with E-state index in [0.29, 0.717) is 23.4 Å². The first-order valence-electron chi connectivity index (χ1n) is 9.75. The van der Waals surface area contributed by atoms with Crippen LogP contribution < -0.4 is 10.6 Å². The van der Waals surface area contributed by atoms with E-state index in [1.807, 2.05) is 6.26 Å². The first-order chi connectivity index (χ1) is 14.8. The molecule has 1 saturated heterocycles. The summed E-state index contributed by atoms with van der Waals surface area (Å²) in [5, 5.41) is 4.99. The summed E-state index contributed by atoms with van der Waals surface area (Å²) in [6.45, 7) is 0.508. The zero-order chi connectivity index (χ0) is 22.2. The zero-order valence-corrected chi connectivity index (χ0v) is 18.4. The number of anilines is 1. The highest BCUT2D eigenvalue weighted by Gasteiger charge is 2.33. The second-order valence-corrected chi connectivity index (χ2v) is 10.1. The van der Waals surface area contributed by atoms with Crippen LogP contribution >= 0.6 is 11.8 Å². The third-order valence-corrected chi connectivity index (χ3v) is 8.40. The van der Waals surface area contributed by atoms with E-state index in [-0.39, 0.29) is 40.9 Å². The lowest BCUT2D eigenvalue weighted by Crippen LogP contribution is -2.41. The standard InChI is InChI=1S/C21H21N3O5S2/c1-30-17-4-2-3-5-18(17)31(28,29)24-10-8-13(9-11-24)19(25)22-14-6-7-15-16(12-14)21(27)23-20(15)26/h2-7,12-13H,8-11H2,1H3,(H,22,25)(H,23,26,27). The van der Waals surface area contributed by atoms with Crippen LogP contribution in [-0.4, -0.2) is 49.8 Å². The maximum absolute atomic E-state index is 13.0. The number of nitrogens with zero attached hydrogens (tertiary/aromatic N) is 1. The van der Waals surface area contributed by atoms with E-state index in [0.717, 1.165) is 0 Å². The lowest BCUT2D eigenvalue weighted by molar-refractivity contribution is -0.120. The molecular formula is C21H21N3O5S2. The van der Waals surface area contributed by atoms with Crippen LogP contribution in [-0.2, 0) is 14.8 Å². The summed E-state index contributed by atoms with van der Waals surface area (Å²) < 4.78 is 27.5. The smallest absolute Gasteiger partial charge is 0.259 e. The number of rotatable bonds is 5. The minimum Gasteiger partial charge on any atom is -0.326 e. The first kappa shape index (κ1) is 21.5. The van der Waals surface area contributed by atoms with Crippen LogP contribution in [0.4, 0.5) is 5.69 Å². The Kier molecular flexibility index (Phi) is 5.87. The van der Waals surface area contributed by atoms with Crippen LogP contribution in [0.3, 0.4) is 0 Å². The number of benzene rings is 2. The molecule has 2 heterocycles. The fourth-order valence-corrected chi connectivity index (χ4v) is 6.41. The van der Waals surface area contributed by atoms with Crippen molar-refractivity contribution in [3.8, 4) is 0 Å². The summed E-state index contributed by atoms with van der Waals surface area (Å²) in [7, 11) is -3.63. The zero-order valence-electron chi connectivity index (χ0n) is 16.8. The third kappa shape index (κ3) is 4.10. The van der Waals surface area contributed by atoms with Crippen LogP contribution in [0.5, 0.6) is 0 Å². The van der Waals surface area contributed by atoms with Gasteiger partial charge in [0.15, 0.2) is 0 Å². The molecule has 2 aliphatic rings. The molecule has 8 nitrogen and oxygen atoms in total. The van der Waals surface area contributed by atoms with Crippen molar-refractivity contribution in [1.82, 2.24) is 9.62 Å². The van der Waals surface area contributed by atoms with Crippen molar-refractivity contribution in [3.05, 3.63) is 53.6 Å². The van der Waals surface area contributed by atoms with E-state index in [1.54, 1.807) is 30.3 Å². The SMILES string of the molecule is CSc1ccccc1S(=O)(=O)N1CCC(C(=O)Nc2ccc3c(c2)C(=O)NC3=O)CC1. The molecule has 3 amide bonds. The highest BCUT2D eigenvalue weighted by molar-refractivity contribution is 7.99. The number of piperidine rings is 1. The van der Waals surface area contributed by atoms with Gasteiger partial charge in [0.2, 0.25) is 15.9 Å². The molecular weight excluding hydrogens is 438 g/mol. The summed E-state index contributed by atoms with van der Waals surface area (Å²) in [4.78, 5) is 37.1. The van der Waals surface area contributed by atoms with Gasteiger partial charge in [-0.2, -0.15) is 4.31 Å². The Labute approximate surface area is 184 Å². The second kappa shape index (κ2) is 8.45. The molecule has 0 saturated carbocycles. The van der Waals surface area contributed by atoms with Gasteiger partial charge in [0, 0.05) is 29.6 Å². The summed E-state index contributed by atoms with van der Waals surface area (Å²) in [5.74, 6) is -1.51. The number of carbonyl (C=O) groups excluding carboxylic acids is 3. The van der Waals surface area contributed by atoms with E-state index in [4.69, 9.17) is 0 Å². The molecule has 0 aromatic heterocycles. The van der Waals surface area contributed by atoms with Crippen molar-refractivity contribution < 1.29 is 22.8 Å². The van der Waals surface area contributed by atoms with Gasteiger partial charge in [-0.15, -0.1) is 11.8 Å². The summed E-state index contributed by atoms with van der Waals surface area (Å²) in [6.07, 6.45) is 2.64. The molecule has 162 valence electrons. The average molecular weight is 460 g/mol. The predicted molar refractivity (Wildman–Crippen MR) is 117 cm³/mol. The van der Waals surface area contributed by atoms with E-state index >= 15 is 0 Å². The van der Waals surface area contributed by atoms with Crippen molar-refractivity contribution in [3.63, 3.8) is 0 Å².